The SMILES string of the molecule is C=CCn1c(SCC(=O)Nc2cccc(Cl)c2)nnc1C1CCCN1C(=O)c1cccc(C)c1. The quantitative estimate of drug-likeness (QED) is 0.346. The van der Waals surface area contributed by atoms with Crippen molar-refractivity contribution in [1.29, 1.82) is 0 Å². The van der Waals surface area contributed by atoms with Gasteiger partial charge in [-0.25, -0.2) is 0 Å². The van der Waals surface area contributed by atoms with Gasteiger partial charge in [-0.2, -0.15) is 0 Å². The second-order valence-electron chi connectivity index (χ2n) is 8.11. The van der Waals surface area contributed by atoms with Crippen LogP contribution < -0.4 is 5.32 Å². The Hall–Kier alpha value is -3.10. The summed E-state index contributed by atoms with van der Waals surface area (Å²) in [5.41, 5.74) is 2.36. The molecule has 34 heavy (non-hydrogen) atoms. The molecule has 1 aromatic heterocycles. The van der Waals surface area contributed by atoms with Crippen molar-refractivity contribution in [1.82, 2.24) is 19.7 Å². The number of aryl methyl sites for hydroxylation is 1. The maximum atomic E-state index is 13.3. The largest absolute Gasteiger partial charge is 0.328 e. The number of aromatic nitrogens is 3. The highest BCUT2D eigenvalue weighted by molar-refractivity contribution is 7.99. The molecule has 0 radical (unpaired) electrons. The lowest BCUT2D eigenvalue weighted by atomic mass is 10.1. The van der Waals surface area contributed by atoms with Crippen molar-refractivity contribution in [3.63, 3.8) is 0 Å². The highest BCUT2D eigenvalue weighted by Gasteiger charge is 2.34. The van der Waals surface area contributed by atoms with E-state index in [1.807, 2.05) is 40.7 Å². The molecule has 3 aromatic rings. The van der Waals surface area contributed by atoms with Crippen molar-refractivity contribution in [3.8, 4) is 0 Å². The number of halogens is 1. The molecule has 0 aliphatic carbocycles. The molecule has 1 aliphatic rings. The fourth-order valence-electron chi connectivity index (χ4n) is 4.07. The fourth-order valence-corrected chi connectivity index (χ4v) is 5.01. The number of benzene rings is 2. The standard InChI is InChI=1S/C25H26ClN5O2S/c1-3-12-31-23(21-11-6-13-30(21)24(33)18-8-4-7-17(2)14-18)28-29-25(31)34-16-22(32)27-20-10-5-9-19(26)15-20/h3-5,7-10,14-15,21H,1,6,11-13,16H2,2H3,(H,27,32). The van der Waals surface area contributed by atoms with Crippen molar-refractivity contribution in [2.24, 2.45) is 0 Å². The van der Waals surface area contributed by atoms with Gasteiger partial charge in [0.1, 0.15) is 0 Å². The van der Waals surface area contributed by atoms with Gasteiger partial charge in [0.05, 0.1) is 11.8 Å². The smallest absolute Gasteiger partial charge is 0.254 e. The second-order valence-corrected chi connectivity index (χ2v) is 9.49. The Kier molecular flexibility index (Phi) is 7.70. The molecule has 0 bridgehead atoms. The van der Waals surface area contributed by atoms with Crippen molar-refractivity contribution < 1.29 is 9.59 Å². The zero-order valence-corrected chi connectivity index (χ0v) is 20.5. The molecule has 4 rings (SSSR count). The minimum Gasteiger partial charge on any atom is -0.328 e. The average Bonchev–Trinajstić information content (AvgIpc) is 3.44. The lowest BCUT2D eigenvalue weighted by Gasteiger charge is -2.25. The van der Waals surface area contributed by atoms with Crippen LogP contribution in [0.15, 0.2) is 66.3 Å². The van der Waals surface area contributed by atoms with Crippen LogP contribution in [0.3, 0.4) is 0 Å². The molecule has 2 amide bonds. The van der Waals surface area contributed by atoms with Crippen molar-refractivity contribution in [3.05, 3.63) is 83.2 Å². The summed E-state index contributed by atoms with van der Waals surface area (Å²) < 4.78 is 1.94. The fraction of sp³-hybridized carbons (Fsp3) is 0.280. The first-order chi connectivity index (χ1) is 16.5. The summed E-state index contributed by atoms with van der Waals surface area (Å²) in [5, 5.41) is 12.8. The summed E-state index contributed by atoms with van der Waals surface area (Å²) in [5.74, 6) is 0.711. The molecule has 0 spiro atoms. The van der Waals surface area contributed by atoms with Gasteiger partial charge in [-0.3, -0.25) is 9.59 Å². The molecule has 1 atom stereocenters. The van der Waals surface area contributed by atoms with Crippen LogP contribution >= 0.6 is 23.4 Å². The van der Waals surface area contributed by atoms with Gasteiger partial charge in [-0.15, -0.1) is 16.8 Å². The number of nitrogens with one attached hydrogen (secondary N) is 1. The molecular weight excluding hydrogens is 470 g/mol. The van der Waals surface area contributed by atoms with Gasteiger partial charge in [0, 0.05) is 29.4 Å². The van der Waals surface area contributed by atoms with Crippen LogP contribution in [0, 0.1) is 6.92 Å². The Morgan fingerprint density at radius 2 is 2.06 bits per heavy atom. The molecule has 9 heteroatoms. The number of rotatable bonds is 8. The van der Waals surface area contributed by atoms with Gasteiger partial charge in [-0.05, 0) is 50.1 Å². The van der Waals surface area contributed by atoms with Gasteiger partial charge < -0.3 is 14.8 Å². The third-order valence-corrected chi connectivity index (χ3v) is 6.78. The van der Waals surface area contributed by atoms with E-state index in [2.05, 4.69) is 22.1 Å². The Morgan fingerprint density at radius 1 is 1.24 bits per heavy atom. The first kappa shape index (κ1) is 24.0. The topological polar surface area (TPSA) is 80.1 Å². The van der Waals surface area contributed by atoms with Gasteiger partial charge in [-0.1, -0.05) is 53.2 Å². The highest BCUT2D eigenvalue weighted by atomic mass is 35.5. The van der Waals surface area contributed by atoms with E-state index >= 15 is 0 Å². The maximum Gasteiger partial charge on any atom is 0.254 e. The van der Waals surface area contributed by atoms with Gasteiger partial charge in [0.15, 0.2) is 11.0 Å². The van der Waals surface area contributed by atoms with E-state index in [4.69, 9.17) is 11.6 Å². The zero-order chi connectivity index (χ0) is 24.1. The number of likely N-dealkylation sites (tertiary alicyclic amines) is 1. The first-order valence-corrected chi connectivity index (χ1v) is 12.4. The van der Waals surface area contributed by atoms with Crippen molar-refractivity contribution in [2.45, 2.75) is 37.5 Å². The molecule has 1 fully saturated rings. The van der Waals surface area contributed by atoms with E-state index in [0.29, 0.717) is 34.5 Å². The minimum absolute atomic E-state index is 0.00513. The number of hydrogen-bond acceptors (Lipinski definition) is 5. The molecular formula is C25H26ClN5O2S. The monoisotopic (exact) mass is 495 g/mol. The maximum absolute atomic E-state index is 13.3. The molecule has 7 nitrogen and oxygen atoms in total. The molecule has 2 aromatic carbocycles. The van der Waals surface area contributed by atoms with Crippen molar-refractivity contribution >= 4 is 40.9 Å². The Labute approximate surface area is 208 Å². The molecule has 1 aliphatic heterocycles. The van der Waals surface area contributed by atoms with E-state index in [-0.39, 0.29) is 23.6 Å². The summed E-state index contributed by atoms with van der Waals surface area (Å²) in [7, 11) is 0. The average molecular weight is 496 g/mol. The van der Waals surface area contributed by atoms with E-state index in [1.165, 1.54) is 11.8 Å². The van der Waals surface area contributed by atoms with Gasteiger partial charge in [0.25, 0.3) is 5.91 Å². The number of thioether (sulfide) groups is 1. The molecule has 1 N–H and O–H groups in total. The third-order valence-electron chi connectivity index (χ3n) is 5.57. The number of nitrogens with zero attached hydrogens (tertiary/aromatic N) is 4. The lowest BCUT2D eigenvalue weighted by molar-refractivity contribution is -0.113. The predicted molar refractivity (Wildman–Crippen MR) is 135 cm³/mol. The third kappa shape index (κ3) is 5.51. The molecule has 1 saturated heterocycles. The van der Waals surface area contributed by atoms with Crippen LogP contribution in [0.1, 0.15) is 40.6 Å². The van der Waals surface area contributed by atoms with Crippen molar-refractivity contribution in [2.75, 3.05) is 17.6 Å². The number of amides is 2. The molecule has 0 saturated carbocycles. The number of carbonyl (C=O) groups excluding carboxylic acids is 2. The molecule has 2 heterocycles. The lowest BCUT2D eigenvalue weighted by Crippen LogP contribution is -2.32. The van der Waals surface area contributed by atoms with Crippen LogP contribution in [0.25, 0.3) is 0 Å². The van der Waals surface area contributed by atoms with E-state index in [0.717, 1.165) is 24.2 Å². The molecule has 1 unspecified atom stereocenters. The Bertz CT molecular complexity index is 1210. The van der Waals surface area contributed by atoms with E-state index in [1.54, 1.807) is 30.3 Å². The van der Waals surface area contributed by atoms with Gasteiger partial charge in [0.2, 0.25) is 5.91 Å². The summed E-state index contributed by atoms with van der Waals surface area (Å²) in [4.78, 5) is 27.6. The van der Waals surface area contributed by atoms with Crippen LogP contribution in [-0.4, -0.2) is 43.8 Å². The summed E-state index contributed by atoms with van der Waals surface area (Å²) in [6.45, 7) is 6.99. The number of hydrogen-bond donors (Lipinski definition) is 1. The molecule has 176 valence electrons. The second kappa shape index (κ2) is 10.9. The Morgan fingerprint density at radius 3 is 2.82 bits per heavy atom. The summed E-state index contributed by atoms with van der Waals surface area (Å²) >= 11 is 7.29. The summed E-state index contributed by atoms with van der Waals surface area (Å²) in [6.07, 6.45) is 3.48. The normalized spacial score (nSPS) is 15.4. The highest BCUT2D eigenvalue weighted by Crippen LogP contribution is 2.34. The van der Waals surface area contributed by atoms with Gasteiger partial charge >= 0.3 is 0 Å². The summed E-state index contributed by atoms with van der Waals surface area (Å²) in [6, 6.07) is 14.5. The van der Waals surface area contributed by atoms with Crippen LogP contribution in [0.2, 0.25) is 5.02 Å². The predicted octanol–water partition coefficient (Wildman–Crippen LogP) is 5.13. The van der Waals surface area contributed by atoms with E-state index in [9.17, 15) is 9.59 Å². The van der Waals surface area contributed by atoms with Crippen LogP contribution in [-0.2, 0) is 11.3 Å². The first-order valence-electron chi connectivity index (χ1n) is 11.1. The number of allylic oxidation sites excluding steroid dienone is 1. The number of anilines is 1. The van der Waals surface area contributed by atoms with E-state index < -0.39 is 0 Å². The van der Waals surface area contributed by atoms with Crippen LogP contribution in [0.4, 0.5) is 5.69 Å². The van der Waals surface area contributed by atoms with Crippen LogP contribution in [0.5, 0.6) is 0 Å². The Balaban J connectivity index is 1.49. The minimum atomic E-state index is -0.171. The number of carbonyl (C=O) groups is 2. The zero-order valence-electron chi connectivity index (χ0n) is 18.9.